The van der Waals surface area contributed by atoms with Crippen LogP contribution in [0.1, 0.15) is 29.3 Å². The lowest BCUT2D eigenvalue weighted by atomic mass is 10.1. The van der Waals surface area contributed by atoms with E-state index >= 15 is 0 Å². The van der Waals surface area contributed by atoms with Crippen LogP contribution in [-0.4, -0.2) is 42.0 Å². The van der Waals surface area contributed by atoms with Crippen LogP contribution in [0.2, 0.25) is 0 Å². The fourth-order valence-electron chi connectivity index (χ4n) is 3.33. The van der Waals surface area contributed by atoms with E-state index < -0.39 is 5.91 Å². The van der Waals surface area contributed by atoms with Gasteiger partial charge in [-0.2, -0.15) is 0 Å². The number of primary amides is 1. The summed E-state index contributed by atoms with van der Waals surface area (Å²) in [5.41, 5.74) is 7.75. The van der Waals surface area contributed by atoms with E-state index in [1.165, 1.54) is 10.9 Å². The molecule has 168 valence electrons. The molecule has 0 saturated heterocycles. The minimum atomic E-state index is -0.575. The molecule has 0 aliphatic carbocycles. The first kappa shape index (κ1) is 22.9. The lowest BCUT2D eigenvalue weighted by Crippen LogP contribution is -2.38. The molecule has 1 aromatic heterocycles. The number of guanidine groups is 1. The SMILES string of the molecule is CCNC(=NCc1ccc(C(=O)NCC(N)=O)cc1)NCCCn1ccc2ccccc21. The van der Waals surface area contributed by atoms with Crippen LogP contribution in [0, 0.1) is 0 Å². The summed E-state index contributed by atoms with van der Waals surface area (Å²) in [6.07, 6.45) is 3.10. The fraction of sp³-hybridized carbons (Fsp3) is 0.292. The van der Waals surface area contributed by atoms with Crippen molar-refractivity contribution >= 4 is 28.7 Å². The second-order valence-electron chi connectivity index (χ2n) is 7.39. The maximum Gasteiger partial charge on any atom is 0.251 e. The van der Waals surface area contributed by atoms with Crippen molar-refractivity contribution in [2.75, 3.05) is 19.6 Å². The highest BCUT2D eigenvalue weighted by atomic mass is 16.2. The van der Waals surface area contributed by atoms with E-state index in [9.17, 15) is 9.59 Å². The Bertz CT molecular complexity index is 1070. The second kappa shape index (κ2) is 11.5. The van der Waals surface area contributed by atoms with Crippen LogP contribution in [0.5, 0.6) is 0 Å². The smallest absolute Gasteiger partial charge is 0.251 e. The van der Waals surface area contributed by atoms with Gasteiger partial charge in [0.15, 0.2) is 5.96 Å². The van der Waals surface area contributed by atoms with Gasteiger partial charge in [-0.25, -0.2) is 4.99 Å². The zero-order chi connectivity index (χ0) is 22.8. The molecule has 0 fully saturated rings. The van der Waals surface area contributed by atoms with Gasteiger partial charge in [0.2, 0.25) is 5.91 Å². The van der Waals surface area contributed by atoms with Gasteiger partial charge in [-0.3, -0.25) is 9.59 Å². The lowest BCUT2D eigenvalue weighted by molar-refractivity contribution is -0.117. The monoisotopic (exact) mass is 434 g/mol. The molecule has 0 radical (unpaired) electrons. The van der Waals surface area contributed by atoms with Crippen molar-refractivity contribution in [2.24, 2.45) is 10.7 Å². The number of fused-ring (bicyclic) bond motifs is 1. The van der Waals surface area contributed by atoms with Gasteiger partial charge in [0.05, 0.1) is 13.1 Å². The Hall–Kier alpha value is -3.81. The Labute approximate surface area is 187 Å². The molecule has 1 heterocycles. The maximum atomic E-state index is 11.9. The van der Waals surface area contributed by atoms with Gasteiger partial charge >= 0.3 is 0 Å². The number of rotatable bonds is 10. The topological polar surface area (TPSA) is 114 Å². The van der Waals surface area contributed by atoms with Crippen LogP contribution in [-0.2, 0) is 17.9 Å². The number of hydrogen-bond acceptors (Lipinski definition) is 3. The fourth-order valence-corrected chi connectivity index (χ4v) is 3.33. The summed E-state index contributed by atoms with van der Waals surface area (Å²) in [5, 5.41) is 10.4. The molecule has 0 bridgehead atoms. The number of aryl methyl sites for hydroxylation is 1. The van der Waals surface area contributed by atoms with E-state index in [4.69, 9.17) is 5.73 Å². The third-order valence-electron chi connectivity index (χ3n) is 4.95. The summed E-state index contributed by atoms with van der Waals surface area (Å²) >= 11 is 0. The summed E-state index contributed by atoms with van der Waals surface area (Å²) in [7, 11) is 0. The molecule has 0 spiro atoms. The van der Waals surface area contributed by atoms with Crippen molar-refractivity contribution in [3.05, 3.63) is 71.9 Å². The van der Waals surface area contributed by atoms with Gasteiger partial charge in [-0.1, -0.05) is 30.3 Å². The van der Waals surface area contributed by atoms with Crippen LogP contribution >= 0.6 is 0 Å². The Morgan fingerprint density at radius 2 is 1.78 bits per heavy atom. The first-order valence-electron chi connectivity index (χ1n) is 10.8. The zero-order valence-electron chi connectivity index (χ0n) is 18.3. The first-order chi connectivity index (χ1) is 15.6. The van der Waals surface area contributed by atoms with Gasteiger partial charge in [-0.05, 0) is 48.6 Å². The van der Waals surface area contributed by atoms with Gasteiger partial charge in [0.25, 0.3) is 5.91 Å². The van der Waals surface area contributed by atoms with E-state index in [1.54, 1.807) is 12.1 Å². The van der Waals surface area contributed by atoms with Crippen molar-refractivity contribution in [1.82, 2.24) is 20.5 Å². The normalized spacial score (nSPS) is 11.3. The highest BCUT2D eigenvalue weighted by Gasteiger charge is 2.06. The molecular formula is C24H30N6O2. The van der Waals surface area contributed by atoms with Crippen molar-refractivity contribution in [3.8, 4) is 0 Å². The third kappa shape index (κ3) is 6.60. The summed E-state index contributed by atoms with van der Waals surface area (Å²) in [6, 6.07) is 17.6. The zero-order valence-corrected chi connectivity index (χ0v) is 18.3. The van der Waals surface area contributed by atoms with Gasteiger partial charge in [-0.15, -0.1) is 0 Å². The molecule has 0 aliphatic rings. The number of nitrogens with one attached hydrogen (secondary N) is 3. The molecule has 0 atom stereocenters. The quantitative estimate of drug-likeness (QED) is 0.222. The molecule has 0 aliphatic heterocycles. The van der Waals surface area contributed by atoms with Crippen LogP contribution in [0.3, 0.4) is 0 Å². The number of nitrogens with two attached hydrogens (primary N) is 1. The van der Waals surface area contributed by atoms with Crippen molar-refractivity contribution in [3.63, 3.8) is 0 Å². The highest BCUT2D eigenvalue weighted by molar-refractivity contribution is 5.96. The van der Waals surface area contributed by atoms with Crippen LogP contribution < -0.4 is 21.7 Å². The molecule has 32 heavy (non-hydrogen) atoms. The molecule has 5 N–H and O–H groups in total. The van der Waals surface area contributed by atoms with E-state index in [0.717, 1.165) is 37.6 Å². The number of aromatic nitrogens is 1. The summed E-state index contributed by atoms with van der Waals surface area (Å²) in [4.78, 5) is 27.4. The van der Waals surface area contributed by atoms with Crippen LogP contribution in [0.25, 0.3) is 10.9 Å². The predicted molar refractivity (Wildman–Crippen MR) is 127 cm³/mol. The number of para-hydroxylation sites is 1. The number of benzene rings is 2. The number of amides is 2. The standard InChI is InChI=1S/C24H30N6O2/c1-2-26-24(27-13-5-14-30-15-12-19-6-3-4-7-21(19)30)29-16-18-8-10-20(11-9-18)23(32)28-17-22(25)31/h3-4,6-12,15H,2,5,13-14,16-17H2,1H3,(H2,25,31)(H,28,32)(H2,26,27,29). The van der Waals surface area contributed by atoms with Gasteiger partial charge in [0.1, 0.15) is 0 Å². The number of carbonyl (C=O) groups is 2. The molecular weight excluding hydrogens is 404 g/mol. The molecule has 3 aromatic rings. The Kier molecular flexibility index (Phi) is 8.25. The minimum Gasteiger partial charge on any atom is -0.368 e. The van der Waals surface area contributed by atoms with E-state index in [2.05, 4.69) is 62.0 Å². The predicted octanol–water partition coefficient (Wildman–Crippen LogP) is 2.00. The molecule has 2 amide bonds. The third-order valence-corrected chi connectivity index (χ3v) is 4.95. The largest absolute Gasteiger partial charge is 0.368 e. The molecule has 8 heteroatoms. The Morgan fingerprint density at radius 1 is 1.00 bits per heavy atom. The molecule has 8 nitrogen and oxygen atoms in total. The van der Waals surface area contributed by atoms with E-state index in [1.807, 2.05) is 19.1 Å². The van der Waals surface area contributed by atoms with Crippen molar-refractivity contribution < 1.29 is 9.59 Å². The molecule has 0 unspecified atom stereocenters. The number of carbonyl (C=O) groups excluding carboxylic acids is 2. The van der Waals surface area contributed by atoms with E-state index in [0.29, 0.717) is 12.1 Å². The van der Waals surface area contributed by atoms with Crippen molar-refractivity contribution in [1.29, 1.82) is 0 Å². The lowest BCUT2D eigenvalue weighted by Gasteiger charge is -2.12. The number of nitrogens with zero attached hydrogens (tertiary/aromatic N) is 2. The molecule has 0 saturated carbocycles. The average molecular weight is 435 g/mol. The summed E-state index contributed by atoms with van der Waals surface area (Å²) < 4.78 is 2.27. The van der Waals surface area contributed by atoms with Crippen molar-refractivity contribution in [2.45, 2.75) is 26.4 Å². The summed E-state index contributed by atoms with van der Waals surface area (Å²) in [5.74, 6) is -0.146. The first-order valence-corrected chi connectivity index (χ1v) is 10.8. The average Bonchev–Trinajstić information content (AvgIpc) is 3.22. The molecule has 3 rings (SSSR count). The van der Waals surface area contributed by atoms with Crippen LogP contribution in [0.15, 0.2) is 65.8 Å². The number of aliphatic imine (C=N–C) groups is 1. The minimum absolute atomic E-state index is 0.177. The second-order valence-corrected chi connectivity index (χ2v) is 7.39. The Morgan fingerprint density at radius 3 is 2.53 bits per heavy atom. The Balaban J connectivity index is 1.48. The number of hydrogen-bond donors (Lipinski definition) is 4. The highest BCUT2D eigenvalue weighted by Crippen LogP contribution is 2.15. The maximum absolute atomic E-state index is 11.9. The molecule has 2 aromatic carbocycles. The van der Waals surface area contributed by atoms with Crippen LogP contribution in [0.4, 0.5) is 0 Å². The summed E-state index contributed by atoms with van der Waals surface area (Å²) in [6.45, 7) is 4.84. The van der Waals surface area contributed by atoms with Gasteiger partial charge in [0, 0.05) is 36.9 Å². The van der Waals surface area contributed by atoms with Gasteiger partial charge < -0.3 is 26.3 Å². The van der Waals surface area contributed by atoms with E-state index in [-0.39, 0.29) is 12.5 Å².